The van der Waals surface area contributed by atoms with E-state index in [-0.39, 0.29) is 5.60 Å². The molecule has 1 aliphatic carbocycles. The summed E-state index contributed by atoms with van der Waals surface area (Å²) in [5.74, 6) is 1.66. The molecule has 0 radical (unpaired) electrons. The van der Waals surface area contributed by atoms with E-state index in [0.717, 1.165) is 11.8 Å². The molecule has 2 aliphatic rings. The van der Waals surface area contributed by atoms with E-state index in [1.54, 1.807) is 0 Å². The molecular weight excluding hydrogens is 174 g/mol. The Morgan fingerprint density at radius 2 is 1.93 bits per heavy atom. The lowest BCUT2D eigenvalue weighted by molar-refractivity contribution is -0.0825. The fraction of sp³-hybridized carbons (Fsp3) is 1.00. The van der Waals surface area contributed by atoms with Crippen molar-refractivity contribution in [1.82, 2.24) is 0 Å². The van der Waals surface area contributed by atoms with Gasteiger partial charge in [-0.25, -0.2) is 0 Å². The molecule has 1 saturated carbocycles. The van der Waals surface area contributed by atoms with Crippen molar-refractivity contribution in [1.29, 1.82) is 0 Å². The molecule has 2 fully saturated rings. The minimum atomic E-state index is 0.209. The molecular formula is C12H23NO. The maximum atomic E-state index is 6.15. The highest BCUT2D eigenvalue weighted by Crippen LogP contribution is 2.45. The van der Waals surface area contributed by atoms with Crippen LogP contribution in [-0.2, 0) is 4.74 Å². The molecule has 1 heterocycles. The number of hydrogen-bond acceptors (Lipinski definition) is 2. The van der Waals surface area contributed by atoms with Crippen LogP contribution in [0.3, 0.4) is 0 Å². The summed E-state index contributed by atoms with van der Waals surface area (Å²) in [5.41, 5.74) is 5.88. The zero-order valence-corrected chi connectivity index (χ0v) is 9.46. The molecule has 2 nitrogen and oxygen atoms in total. The average molecular weight is 197 g/mol. The highest BCUT2D eigenvalue weighted by Gasteiger charge is 2.44. The molecule has 0 bridgehead atoms. The van der Waals surface area contributed by atoms with Crippen LogP contribution in [0.25, 0.3) is 0 Å². The van der Waals surface area contributed by atoms with E-state index in [9.17, 15) is 0 Å². The van der Waals surface area contributed by atoms with Crippen LogP contribution >= 0.6 is 0 Å². The van der Waals surface area contributed by atoms with Crippen molar-refractivity contribution in [2.24, 2.45) is 17.6 Å². The standard InChI is InChI=1S/C12H23NO/c1-9-5-10(2)7-12(6-9)4-3-11(8-13)14-12/h9-11H,3-8,13H2,1-2H3/t9-,10+,11-,12?/m0/s1. The summed E-state index contributed by atoms with van der Waals surface area (Å²) in [5, 5.41) is 0. The van der Waals surface area contributed by atoms with Crippen molar-refractivity contribution in [3.8, 4) is 0 Å². The Hall–Kier alpha value is -0.0800. The van der Waals surface area contributed by atoms with Gasteiger partial charge >= 0.3 is 0 Å². The Labute approximate surface area is 87.2 Å². The Morgan fingerprint density at radius 3 is 2.43 bits per heavy atom. The van der Waals surface area contributed by atoms with Crippen molar-refractivity contribution < 1.29 is 4.74 Å². The van der Waals surface area contributed by atoms with Gasteiger partial charge in [0, 0.05) is 6.54 Å². The van der Waals surface area contributed by atoms with Gasteiger partial charge in [-0.2, -0.15) is 0 Å². The summed E-state index contributed by atoms with van der Waals surface area (Å²) in [6, 6.07) is 0. The van der Waals surface area contributed by atoms with Gasteiger partial charge in [0.15, 0.2) is 0 Å². The van der Waals surface area contributed by atoms with E-state index in [4.69, 9.17) is 10.5 Å². The first-order chi connectivity index (χ1) is 6.63. The van der Waals surface area contributed by atoms with Crippen LogP contribution in [0, 0.1) is 11.8 Å². The van der Waals surface area contributed by atoms with E-state index in [2.05, 4.69) is 13.8 Å². The number of nitrogens with two attached hydrogens (primary N) is 1. The Balaban J connectivity index is 2.01. The third kappa shape index (κ3) is 1.96. The lowest BCUT2D eigenvalue weighted by Crippen LogP contribution is -2.38. The predicted molar refractivity (Wildman–Crippen MR) is 58.1 cm³/mol. The summed E-state index contributed by atoms with van der Waals surface area (Å²) in [7, 11) is 0. The highest BCUT2D eigenvalue weighted by molar-refractivity contribution is 4.94. The third-order valence-corrected chi connectivity index (χ3v) is 3.85. The van der Waals surface area contributed by atoms with Crippen LogP contribution in [0.4, 0.5) is 0 Å². The normalized spacial score (nSPS) is 48.6. The fourth-order valence-electron chi connectivity index (χ4n) is 3.57. The van der Waals surface area contributed by atoms with Gasteiger partial charge in [-0.1, -0.05) is 13.8 Å². The van der Waals surface area contributed by atoms with Crippen molar-refractivity contribution in [2.45, 2.75) is 57.7 Å². The van der Waals surface area contributed by atoms with Gasteiger partial charge in [-0.15, -0.1) is 0 Å². The van der Waals surface area contributed by atoms with Gasteiger partial charge in [-0.05, 0) is 43.9 Å². The van der Waals surface area contributed by atoms with Crippen LogP contribution in [0.1, 0.15) is 46.0 Å². The second kappa shape index (κ2) is 3.82. The molecule has 82 valence electrons. The predicted octanol–water partition coefficient (Wildman–Crippen LogP) is 2.32. The van der Waals surface area contributed by atoms with Crippen LogP contribution < -0.4 is 5.73 Å². The summed E-state index contributed by atoms with van der Waals surface area (Å²) in [6.07, 6.45) is 6.65. The first-order valence-corrected chi connectivity index (χ1v) is 6.01. The van der Waals surface area contributed by atoms with E-state index < -0.39 is 0 Å². The quantitative estimate of drug-likeness (QED) is 0.700. The molecule has 0 amide bonds. The number of rotatable bonds is 1. The molecule has 2 rings (SSSR count). The van der Waals surface area contributed by atoms with Gasteiger partial charge in [0.05, 0.1) is 11.7 Å². The lowest BCUT2D eigenvalue weighted by atomic mass is 9.72. The van der Waals surface area contributed by atoms with Gasteiger partial charge in [0.2, 0.25) is 0 Å². The third-order valence-electron chi connectivity index (χ3n) is 3.85. The lowest BCUT2D eigenvalue weighted by Gasteiger charge is -2.40. The van der Waals surface area contributed by atoms with Gasteiger partial charge in [-0.3, -0.25) is 0 Å². The van der Waals surface area contributed by atoms with E-state index in [1.165, 1.54) is 32.1 Å². The molecule has 0 aromatic carbocycles. The Kier molecular flexibility index (Phi) is 2.85. The molecule has 2 heteroatoms. The first kappa shape index (κ1) is 10.4. The van der Waals surface area contributed by atoms with Gasteiger partial charge in [0.1, 0.15) is 0 Å². The van der Waals surface area contributed by atoms with E-state index in [0.29, 0.717) is 12.6 Å². The topological polar surface area (TPSA) is 35.2 Å². The van der Waals surface area contributed by atoms with Crippen LogP contribution in [0.5, 0.6) is 0 Å². The highest BCUT2D eigenvalue weighted by atomic mass is 16.5. The zero-order valence-electron chi connectivity index (χ0n) is 9.46. The molecule has 1 unspecified atom stereocenters. The molecule has 1 aliphatic heterocycles. The van der Waals surface area contributed by atoms with Gasteiger partial charge in [0.25, 0.3) is 0 Å². The Morgan fingerprint density at radius 1 is 1.29 bits per heavy atom. The number of ether oxygens (including phenoxy) is 1. The molecule has 4 atom stereocenters. The summed E-state index contributed by atoms with van der Waals surface area (Å²) in [6.45, 7) is 5.41. The van der Waals surface area contributed by atoms with E-state index >= 15 is 0 Å². The molecule has 2 N–H and O–H groups in total. The summed E-state index contributed by atoms with van der Waals surface area (Å²) in [4.78, 5) is 0. The van der Waals surface area contributed by atoms with Crippen molar-refractivity contribution in [3.63, 3.8) is 0 Å². The second-order valence-corrected chi connectivity index (χ2v) is 5.55. The van der Waals surface area contributed by atoms with Crippen LogP contribution in [-0.4, -0.2) is 18.2 Å². The zero-order chi connectivity index (χ0) is 10.2. The molecule has 1 spiro atoms. The maximum Gasteiger partial charge on any atom is 0.0705 e. The maximum absolute atomic E-state index is 6.15. The second-order valence-electron chi connectivity index (χ2n) is 5.55. The van der Waals surface area contributed by atoms with Gasteiger partial charge < -0.3 is 10.5 Å². The molecule has 0 aromatic heterocycles. The van der Waals surface area contributed by atoms with Crippen molar-refractivity contribution >= 4 is 0 Å². The van der Waals surface area contributed by atoms with E-state index in [1.807, 2.05) is 0 Å². The minimum Gasteiger partial charge on any atom is -0.370 e. The minimum absolute atomic E-state index is 0.209. The summed E-state index contributed by atoms with van der Waals surface area (Å²) < 4.78 is 6.15. The first-order valence-electron chi connectivity index (χ1n) is 6.01. The van der Waals surface area contributed by atoms with Crippen LogP contribution in [0.2, 0.25) is 0 Å². The largest absolute Gasteiger partial charge is 0.370 e. The monoisotopic (exact) mass is 197 g/mol. The van der Waals surface area contributed by atoms with Crippen LogP contribution in [0.15, 0.2) is 0 Å². The SMILES string of the molecule is C[C@@H]1C[C@H](C)CC2(CC[C@@H](CN)O2)C1. The molecule has 0 aromatic rings. The van der Waals surface area contributed by atoms with Crippen molar-refractivity contribution in [3.05, 3.63) is 0 Å². The fourth-order valence-corrected chi connectivity index (χ4v) is 3.57. The average Bonchev–Trinajstić information content (AvgIpc) is 2.46. The molecule has 14 heavy (non-hydrogen) atoms. The molecule has 1 saturated heterocycles. The smallest absolute Gasteiger partial charge is 0.0705 e. The summed E-state index contributed by atoms with van der Waals surface area (Å²) >= 11 is 0. The number of hydrogen-bond donors (Lipinski definition) is 1. The Bertz CT molecular complexity index is 194. The van der Waals surface area contributed by atoms with Crippen molar-refractivity contribution in [2.75, 3.05) is 6.54 Å².